The van der Waals surface area contributed by atoms with Crippen LogP contribution in [0.3, 0.4) is 0 Å². The van der Waals surface area contributed by atoms with Crippen LogP contribution in [0.2, 0.25) is 0 Å². The molecule has 0 aliphatic heterocycles. The summed E-state index contributed by atoms with van der Waals surface area (Å²) in [5.74, 6) is -1.44. The molecule has 0 spiro atoms. The number of Topliss-reactive ketones (excluding diaryl/α,β-unsaturated/α-hetero) is 1. The highest BCUT2D eigenvalue weighted by Gasteiger charge is 2.56. The Kier molecular flexibility index (Phi) is 3.90. The van der Waals surface area contributed by atoms with Crippen molar-refractivity contribution in [3.05, 3.63) is 0 Å². The van der Waals surface area contributed by atoms with E-state index in [0.717, 1.165) is 0 Å². The Morgan fingerprint density at radius 3 is 2.53 bits per heavy atom. The number of rotatable bonds is 2. The van der Waals surface area contributed by atoms with E-state index in [1.165, 1.54) is 0 Å². The fourth-order valence-electron chi connectivity index (χ4n) is 1.51. The zero-order chi connectivity index (χ0) is 11.7. The zero-order valence-corrected chi connectivity index (χ0v) is 10.5. The fraction of sp³-hybridized carbons (Fsp3) is 0.778. The van der Waals surface area contributed by atoms with Crippen molar-refractivity contribution in [3.8, 4) is 0 Å². The van der Waals surface area contributed by atoms with Crippen LogP contribution in [0, 0.1) is 0 Å². The number of ketones is 1. The number of esters is 1. The van der Waals surface area contributed by atoms with Gasteiger partial charge in [0.1, 0.15) is 0 Å². The Labute approximate surface area is 103 Å². The molecule has 0 unspecified atom stereocenters. The van der Waals surface area contributed by atoms with Crippen molar-refractivity contribution in [1.29, 1.82) is 0 Å². The van der Waals surface area contributed by atoms with Crippen molar-refractivity contribution >= 4 is 46.6 Å². The summed E-state index contributed by atoms with van der Waals surface area (Å²) in [6.07, 6.45) is 1.04. The van der Waals surface area contributed by atoms with Gasteiger partial charge in [-0.1, -0.05) is 34.8 Å². The summed E-state index contributed by atoms with van der Waals surface area (Å²) in [6, 6.07) is 0. The minimum atomic E-state index is -1.71. The Hall–Kier alpha value is 0.01000. The molecule has 0 N–H and O–H groups in total. The van der Waals surface area contributed by atoms with E-state index in [9.17, 15) is 9.59 Å². The summed E-state index contributed by atoms with van der Waals surface area (Å²) in [5.41, 5.74) is 0. The average molecular weight is 274 g/mol. The highest BCUT2D eigenvalue weighted by molar-refractivity contribution is 6.64. The lowest BCUT2D eigenvalue weighted by Crippen LogP contribution is -2.53. The first-order valence-corrected chi connectivity index (χ1v) is 5.77. The van der Waals surface area contributed by atoms with Gasteiger partial charge in [-0.15, -0.1) is 0 Å². The maximum Gasteiger partial charge on any atom is 0.335 e. The fourth-order valence-corrected chi connectivity index (χ4v) is 2.55. The third-order valence-electron chi connectivity index (χ3n) is 2.30. The van der Waals surface area contributed by atoms with Gasteiger partial charge in [-0.3, -0.25) is 4.79 Å². The van der Waals surface area contributed by atoms with E-state index >= 15 is 0 Å². The van der Waals surface area contributed by atoms with Gasteiger partial charge in [-0.2, -0.15) is 0 Å². The second-order valence-corrected chi connectivity index (χ2v) is 5.54. The summed E-state index contributed by atoms with van der Waals surface area (Å²) >= 11 is 17.5. The largest absolute Gasteiger partial charge is 0.464 e. The molecular formula is C9H11Cl3O3. The van der Waals surface area contributed by atoms with Crippen molar-refractivity contribution in [3.63, 3.8) is 0 Å². The van der Waals surface area contributed by atoms with E-state index in [2.05, 4.69) is 0 Å². The Balaban J connectivity index is 2.92. The topological polar surface area (TPSA) is 43.4 Å². The van der Waals surface area contributed by atoms with Crippen molar-refractivity contribution in [2.75, 3.05) is 6.61 Å². The van der Waals surface area contributed by atoms with E-state index in [1.807, 2.05) is 0 Å². The van der Waals surface area contributed by atoms with Gasteiger partial charge in [0.05, 0.1) is 6.61 Å². The predicted molar refractivity (Wildman–Crippen MR) is 58.5 cm³/mol. The molecule has 1 atom stereocenters. The molecule has 0 radical (unpaired) electrons. The van der Waals surface area contributed by atoms with Gasteiger partial charge < -0.3 is 4.74 Å². The molecule has 1 fully saturated rings. The van der Waals surface area contributed by atoms with Crippen LogP contribution in [-0.2, 0) is 14.3 Å². The number of hydrogen-bond acceptors (Lipinski definition) is 3. The second kappa shape index (κ2) is 4.48. The molecule has 1 aliphatic carbocycles. The quantitative estimate of drug-likeness (QED) is 0.441. The third kappa shape index (κ3) is 2.40. The molecule has 86 valence electrons. The van der Waals surface area contributed by atoms with Crippen LogP contribution >= 0.6 is 34.8 Å². The molecule has 15 heavy (non-hydrogen) atoms. The maximum atomic E-state index is 11.8. The molecule has 0 heterocycles. The standard InChI is InChI=1S/C9H11Cl3O3/c1-2-15-7(14)8(10)4-3-5-9(11,12)6(8)13/h2-5H2,1H3/t8-/m0/s1. The summed E-state index contributed by atoms with van der Waals surface area (Å²) in [6.45, 7) is 1.80. The lowest BCUT2D eigenvalue weighted by atomic mass is 9.86. The lowest BCUT2D eigenvalue weighted by molar-refractivity contribution is -0.151. The van der Waals surface area contributed by atoms with Crippen LogP contribution < -0.4 is 0 Å². The monoisotopic (exact) mass is 272 g/mol. The van der Waals surface area contributed by atoms with Gasteiger partial charge in [0.25, 0.3) is 0 Å². The zero-order valence-electron chi connectivity index (χ0n) is 8.19. The summed E-state index contributed by atoms with van der Waals surface area (Å²) in [4.78, 5) is 21.6. The number of hydrogen-bond donors (Lipinski definition) is 0. The van der Waals surface area contributed by atoms with Crippen molar-refractivity contribution in [1.82, 2.24) is 0 Å². The Morgan fingerprint density at radius 1 is 1.40 bits per heavy atom. The normalized spacial score (nSPS) is 30.0. The predicted octanol–water partition coefficient (Wildman–Crippen LogP) is 2.45. The summed E-state index contributed by atoms with van der Waals surface area (Å²) < 4.78 is 3.16. The minimum absolute atomic E-state index is 0.165. The number of alkyl halides is 3. The van der Waals surface area contributed by atoms with Gasteiger partial charge >= 0.3 is 5.97 Å². The molecule has 6 heteroatoms. The van der Waals surface area contributed by atoms with Crippen LogP contribution in [0.4, 0.5) is 0 Å². The number of halogens is 3. The third-order valence-corrected chi connectivity index (χ3v) is 3.54. The van der Waals surface area contributed by atoms with E-state index in [4.69, 9.17) is 39.5 Å². The van der Waals surface area contributed by atoms with Gasteiger partial charge in [0.2, 0.25) is 10.7 Å². The first-order chi connectivity index (χ1) is 6.84. The van der Waals surface area contributed by atoms with Crippen molar-refractivity contribution < 1.29 is 14.3 Å². The lowest BCUT2D eigenvalue weighted by Gasteiger charge is -2.34. The molecule has 0 aromatic heterocycles. The summed E-state index contributed by atoms with van der Waals surface area (Å²) in [5, 5.41) is 0. The second-order valence-electron chi connectivity index (χ2n) is 3.41. The van der Waals surface area contributed by atoms with E-state index < -0.39 is 21.0 Å². The van der Waals surface area contributed by atoms with Crippen LogP contribution in [0.1, 0.15) is 26.2 Å². The molecule has 1 rings (SSSR count). The van der Waals surface area contributed by atoms with Gasteiger partial charge in [-0.05, 0) is 26.2 Å². The van der Waals surface area contributed by atoms with Gasteiger partial charge in [0, 0.05) is 0 Å². The minimum Gasteiger partial charge on any atom is -0.464 e. The highest BCUT2D eigenvalue weighted by Crippen LogP contribution is 2.43. The molecule has 0 saturated heterocycles. The summed E-state index contributed by atoms with van der Waals surface area (Å²) in [7, 11) is 0. The molecular weight excluding hydrogens is 262 g/mol. The van der Waals surface area contributed by atoms with Crippen LogP contribution in [0.15, 0.2) is 0 Å². The smallest absolute Gasteiger partial charge is 0.335 e. The SMILES string of the molecule is CCOC(=O)[C@]1(Cl)CCCC(Cl)(Cl)C1=O. The average Bonchev–Trinajstić information content (AvgIpc) is 2.14. The molecule has 3 nitrogen and oxygen atoms in total. The van der Waals surface area contributed by atoms with E-state index in [0.29, 0.717) is 12.8 Å². The first-order valence-electron chi connectivity index (χ1n) is 4.63. The highest BCUT2D eigenvalue weighted by atomic mass is 35.5. The Morgan fingerprint density at radius 2 is 2.00 bits per heavy atom. The van der Waals surface area contributed by atoms with Crippen molar-refractivity contribution in [2.45, 2.75) is 35.4 Å². The molecule has 0 bridgehead atoms. The molecule has 0 aromatic rings. The number of carbonyl (C=O) groups is 2. The van der Waals surface area contributed by atoms with Crippen LogP contribution in [0.25, 0.3) is 0 Å². The number of carbonyl (C=O) groups excluding carboxylic acids is 2. The molecule has 0 amide bonds. The van der Waals surface area contributed by atoms with Crippen LogP contribution in [0.5, 0.6) is 0 Å². The van der Waals surface area contributed by atoms with E-state index in [-0.39, 0.29) is 13.0 Å². The van der Waals surface area contributed by atoms with Crippen molar-refractivity contribution in [2.24, 2.45) is 0 Å². The molecule has 1 aliphatic rings. The first kappa shape index (κ1) is 13.1. The van der Waals surface area contributed by atoms with E-state index in [1.54, 1.807) is 6.92 Å². The molecule has 1 saturated carbocycles. The Bertz CT molecular complexity index is 290. The number of ether oxygens (including phenoxy) is 1. The van der Waals surface area contributed by atoms with Gasteiger partial charge in [0.15, 0.2) is 4.33 Å². The van der Waals surface area contributed by atoms with Crippen LogP contribution in [-0.4, -0.2) is 27.6 Å². The van der Waals surface area contributed by atoms with Gasteiger partial charge in [-0.25, -0.2) is 4.79 Å². The maximum absolute atomic E-state index is 11.8. The molecule has 0 aromatic carbocycles.